The van der Waals surface area contributed by atoms with Crippen LogP contribution in [0.3, 0.4) is 0 Å². The van der Waals surface area contributed by atoms with Gasteiger partial charge in [0, 0.05) is 14.1 Å². The van der Waals surface area contributed by atoms with E-state index in [1.54, 1.807) is 6.33 Å². The fourth-order valence-corrected chi connectivity index (χ4v) is 1.57. The van der Waals surface area contributed by atoms with Gasteiger partial charge in [0.25, 0.3) is 0 Å². The van der Waals surface area contributed by atoms with Gasteiger partial charge in [-0.2, -0.15) is 0 Å². The predicted molar refractivity (Wildman–Crippen MR) is 53.2 cm³/mol. The van der Waals surface area contributed by atoms with E-state index < -0.39 is 0 Å². The molecule has 1 aromatic rings. The number of fused-ring (bicyclic) bond motifs is 1. The second-order valence-electron chi connectivity index (χ2n) is 3.21. The normalized spacial score (nSPS) is 15.1. The molecule has 0 atom stereocenters. The Hall–Kier alpha value is -1.56. The fourth-order valence-electron chi connectivity index (χ4n) is 1.57. The number of anilines is 1. The standard InChI is InChI=1S/C8H13N5O/c1-12-3-9-6-7(11-5-14)10-4-13(2)8(6)12/h3,14H,4-5H2,1-2H3,(H,10,11). The highest BCUT2D eigenvalue weighted by atomic mass is 16.3. The van der Waals surface area contributed by atoms with Gasteiger partial charge >= 0.3 is 0 Å². The van der Waals surface area contributed by atoms with Crippen molar-refractivity contribution in [1.82, 2.24) is 14.9 Å². The SMILES string of the molecule is CN1CN=C(NCO)c2ncn(C)c21. The third-order valence-electron chi connectivity index (χ3n) is 2.18. The number of aliphatic hydroxyl groups is 1. The van der Waals surface area contributed by atoms with E-state index in [2.05, 4.69) is 15.3 Å². The van der Waals surface area contributed by atoms with E-state index in [9.17, 15) is 0 Å². The van der Waals surface area contributed by atoms with Gasteiger partial charge in [0.15, 0.2) is 5.84 Å². The van der Waals surface area contributed by atoms with E-state index in [1.807, 2.05) is 23.6 Å². The number of nitrogens with one attached hydrogen (secondary N) is 1. The molecule has 76 valence electrons. The minimum atomic E-state index is -0.126. The van der Waals surface area contributed by atoms with Gasteiger partial charge in [0.2, 0.25) is 0 Å². The molecular formula is C8H13N5O. The minimum Gasteiger partial charge on any atom is -0.377 e. The summed E-state index contributed by atoms with van der Waals surface area (Å²) in [6.45, 7) is 0.452. The Bertz CT molecular complexity index is 370. The highest BCUT2D eigenvalue weighted by Gasteiger charge is 2.21. The van der Waals surface area contributed by atoms with Crippen LogP contribution in [0.15, 0.2) is 11.3 Å². The Morgan fingerprint density at radius 1 is 1.57 bits per heavy atom. The topological polar surface area (TPSA) is 65.7 Å². The van der Waals surface area contributed by atoms with E-state index in [0.29, 0.717) is 12.5 Å². The van der Waals surface area contributed by atoms with Crippen LogP contribution in [-0.4, -0.2) is 40.9 Å². The summed E-state index contributed by atoms with van der Waals surface area (Å²) in [4.78, 5) is 10.5. The van der Waals surface area contributed by atoms with Crippen LogP contribution in [0.5, 0.6) is 0 Å². The first kappa shape index (κ1) is 9.01. The number of aliphatic imine (C=N–C) groups is 1. The van der Waals surface area contributed by atoms with Gasteiger partial charge in [-0.25, -0.2) is 9.98 Å². The average Bonchev–Trinajstić information content (AvgIpc) is 2.54. The molecule has 0 aromatic carbocycles. The largest absolute Gasteiger partial charge is 0.377 e. The Labute approximate surface area is 81.9 Å². The second kappa shape index (κ2) is 3.30. The summed E-state index contributed by atoms with van der Waals surface area (Å²) in [5.41, 5.74) is 0.787. The maximum Gasteiger partial charge on any atom is 0.154 e. The number of nitrogens with zero attached hydrogens (tertiary/aromatic N) is 4. The van der Waals surface area contributed by atoms with Crippen molar-refractivity contribution < 1.29 is 5.11 Å². The summed E-state index contributed by atoms with van der Waals surface area (Å²) in [5, 5.41) is 11.6. The van der Waals surface area contributed by atoms with Crippen molar-refractivity contribution in [3.63, 3.8) is 0 Å². The number of aromatic nitrogens is 2. The van der Waals surface area contributed by atoms with E-state index in [-0.39, 0.29) is 6.73 Å². The molecule has 1 aromatic heterocycles. The molecule has 0 saturated carbocycles. The van der Waals surface area contributed by atoms with Gasteiger partial charge < -0.3 is 19.9 Å². The number of hydrogen-bond donors (Lipinski definition) is 2. The monoisotopic (exact) mass is 195 g/mol. The summed E-state index contributed by atoms with van der Waals surface area (Å²) < 4.78 is 1.93. The van der Waals surface area contributed by atoms with Crippen molar-refractivity contribution in [1.29, 1.82) is 0 Å². The van der Waals surface area contributed by atoms with Gasteiger partial charge in [-0.1, -0.05) is 0 Å². The molecule has 1 aliphatic rings. The van der Waals surface area contributed by atoms with Gasteiger partial charge in [0.05, 0.1) is 6.33 Å². The Balaban J connectivity index is 2.42. The first-order valence-electron chi connectivity index (χ1n) is 4.36. The molecular weight excluding hydrogens is 182 g/mol. The van der Waals surface area contributed by atoms with Crippen LogP contribution >= 0.6 is 0 Å². The third-order valence-corrected chi connectivity index (χ3v) is 2.18. The van der Waals surface area contributed by atoms with Crippen LogP contribution in [0.4, 0.5) is 5.82 Å². The molecule has 0 spiro atoms. The number of amidine groups is 1. The van der Waals surface area contributed by atoms with Crippen molar-refractivity contribution >= 4 is 11.7 Å². The highest BCUT2D eigenvalue weighted by molar-refractivity contribution is 6.02. The smallest absolute Gasteiger partial charge is 0.154 e. The Morgan fingerprint density at radius 2 is 2.36 bits per heavy atom. The number of hydrogen-bond acceptors (Lipinski definition) is 5. The van der Waals surface area contributed by atoms with Crippen molar-refractivity contribution in [2.75, 3.05) is 25.3 Å². The first-order chi connectivity index (χ1) is 6.74. The maximum atomic E-state index is 8.78. The number of aliphatic hydroxyl groups excluding tert-OH is 1. The van der Waals surface area contributed by atoms with E-state index in [0.717, 1.165) is 11.5 Å². The molecule has 0 amide bonds. The fraction of sp³-hybridized carbons (Fsp3) is 0.500. The van der Waals surface area contributed by atoms with Crippen LogP contribution in [0.1, 0.15) is 5.69 Å². The molecule has 2 rings (SSSR count). The van der Waals surface area contributed by atoms with Crippen molar-refractivity contribution in [2.24, 2.45) is 12.0 Å². The van der Waals surface area contributed by atoms with Crippen LogP contribution in [0.25, 0.3) is 0 Å². The highest BCUT2D eigenvalue weighted by Crippen LogP contribution is 2.20. The van der Waals surface area contributed by atoms with Gasteiger partial charge in [-0.15, -0.1) is 0 Å². The van der Waals surface area contributed by atoms with E-state index in [4.69, 9.17) is 5.11 Å². The quantitative estimate of drug-likeness (QED) is 0.571. The van der Waals surface area contributed by atoms with Gasteiger partial charge in [-0.3, -0.25) is 0 Å². The Kier molecular flexibility index (Phi) is 2.12. The molecule has 0 fully saturated rings. The molecule has 2 N–H and O–H groups in total. The third kappa shape index (κ3) is 1.24. The number of imidazole rings is 1. The molecule has 0 saturated heterocycles. The molecule has 0 bridgehead atoms. The molecule has 6 nitrogen and oxygen atoms in total. The molecule has 1 aliphatic heterocycles. The van der Waals surface area contributed by atoms with E-state index >= 15 is 0 Å². The Morgan fingerprint density at radius 3 is 3.07 bits per heavy atom. The molecule has 0 unspecified atom stereocenters. The summed E-state index contributed by atoms with van der Waals surface area (Å²) in [5.74, 6) is 1.66. The zero-order chi connectivity index (χ0) is 10.1. The summed E-state index contributed by atoms with van der Waals surface area (Å²) in [7, 11) is 3.89. The van der Waals surface area contributed by atoms with Gasteiger partial charge in [-0.05, 0) is 0 Å². The van der Waals surface area contributed by atoms with Crippen LogP contribution < -0.4 is 10.2 Å². The first-order valence-corrected chi connectivity index (χ1v) is 4.36. The lowest BCUT2D eigenvalue weighted by Gasteiger charge is -2.23. The minimum absolute atomic E-state index is 0.126. The zero-order valence-electron chi connectivity index (χ0n) is 8.23. The van der Waals surface area contributed by atoms with Crippen molar-refractivity contribution in [3.05, 3.63) is 12.0 Å². The van der Waals surface area contributed by atoms with Gasteiger partial charge in [0.1, 0.15) is 24.9 Å². The van der Waals surface area contributed by atoms with Crippen molar-refractivity contribution in [2.45, 2.75) is 0 Å². The molecule has 14 heavy (non-hydrogen) atoms. The summed E-state index contributed by atoms with van der Waals surface area (Å²) in [6, 6.07) is 0. The predicted octanol–water partition coefficient (Wildman–Crippen LogP) is -0.887. The summed E-state index contributed by atoms with van der Waals surface area (Å²) >= 11 is 0. The van der Waals surface area contributed by atoms with Crippen LogP contribution in [-0.2, 0) is 7.05 Å². The molecule has 2 heterocycles. The van der Waals surface area contributed by atoms with Crippen molar-refractivity contribution in [3.8, 4) is 0 Å². The lowest BCUT2D eigenvalue weighted by atomic mass is 10.3. The number of rotatable bonds is 1. The van der Waals surface area contributed by atoms with E-state index in [1.165, 1.54) is 0 Å². The molecule has 0 radical (unpaired) electrons. The lowest BCUT2D eigenvalue weighted by Crippen LogP contribution is -2.34. The average molecular weight is 195 g/mol. The van der Waals surface area contributed by atoms with Crippen LogP contribution in [0, 0.1) is 0 Å². The second-order valence-corrected chi connectivity index (χ2v) is 3.21. The lowest BCUT2D eigenvalue weighted by molar-refractivity contribution is 0.286. The number of aryl methyl sites for hydroxylation is 1. The summed E-state index contributed by atoms with van der Waals surface area (Å²) in [6.07, 6.45) is 1.74. The zero-order valence-corrected chi connectivity index (χ0v) is 8.23. The molecule has 0 aliphatic carbocycles. The van der Waals surface area contributed by atoms with Crippen LogP contribution in [0.2, 0.25) is 0 Å². The maximum absolute atomic E-state index is 8.78. The molecule has 6 heteroatoms.